The standard InChI is InChI=1S/C11H16N4O4/c16-10(1-2-15-8-12-7-13-15)14-3-4-19-9(6-14)5-11(17)18/h7-9H,1-6H2,(H,17,18). The molecule has 1 atom stereocenters. The molecule has 0 saturated carbocycles. The molecule has 1 N–H and O–H groups in total. The van der Waals surface area contributed by atoms with Crippen LogP contribution in [0.25, 0.3) is 0 Å². The number of carboxylic acid groups (broad SMARTS) is 1. The summed E-state index contributed by atoms with van der Waals surface area (Å²) in [5.74, 6) is -0.934. The van der Waals surface area contributed by atoms with E-state index in [4.69, 9.17) is 9.84 Å². The van der Waals surface area contributed by atoms with Crippen LogP contribution < -0.4 is 0 Å². The Balaban J connectivity index is 1.79. The lowest BCUT2D eigenvalue weighted by Gasteiger charge is -2.32. The lowest BCUT2D eigenvalue weighted by molar-refractivity contribution is -0.147. The number of amides is 1. The zero-order valence-electron chi connectivity index (χ0n) is 10.4. The van der Waals surface area contributed by atoms with Crippen LogP contribution in [0.5, 0.6) is 0 Å². The summed E-state index contributed by atoms with van der Waals surface area (Å²) in [6.07, 6.45) is 2.80. The predicted octanol–water partition coefficient (Wildman–Crippen LogP) is -0.630. The van der Waals surface area contributed by atoms with Gasteiger partial charge in [-0.15, -0.1) is 0 Å². The minimum Gasteiger partial charge on any atom is -0.481 e. The van der Waals surface area contributed by atoms with E-state index >= 15 is 0 Å². The van der Waals surface area contributed by atoms with E-state index in [1.165, 1.54) is 6.33 Å². The Morgan fingerprint density at radius 2 is 2.32 bits per heavy atom. The fourth-order valence-electron chi connectivity index (χ4n) is 1.98. The fourth-order valence-corrected chi connectivity index (χ4v) is 1.98. The molecule has 8 nitrogen and oxygen atoms in total. The van der Waals surface area contributed by atoms with Gasteiger partial charge in [-0.1, -0.05) is 0 Å². The molecule has 1 fully saturated rings. The van der Waals surface area contributed by atoms with Gasteiger partial charge in [-0.3, -0.25) is 14.3 Å². The Bertz CT molecular complexity index is 434. The summed E-state index contributed by atoms with van der Waals surface area (Å²) >= 11 is 0. The summed E-state index contributed by atoms with van der Waals surface area (Å²) in [6.45, 7) is 1.70. The maximum Gasteiger partial charge on any atom is 0.306 e. The van der Waals surface area contributed by atoms with Crippen LogP contribution in [0.15, 0.2) is 12.7 Å². The summed E-state index contributed by atoms with van der Waals surface area (Å²) in [5.41, 5.74) is 0. The van der Waals surface area contributed by atoms with Gasteiger partial charge in [-0.05, 0) is 0 Å². The van der Waals surface area contributed by atoms with Gasteiger partial charge >= 0.3 is 5.97 Å². The molecule has 1 amide bonds. The van der Waals surface area contributed by atoms with Crippen molar-refractivity contribution in [2.45, 2.75) is 25.5 Å². The first kappa shape index (κ1) is 13.5. The average molecular weight is 268 g/mol. The monoisotopic (exact) mass is 268 g/mol. The van der Waals surface area contributed by atoms with Crippen molar-refractivity contribution in [1.82, 2.24) is 19.7 Å². The highest BCUT2D eigenvalue weighted by atomic mass is 16.5. The van der Waals surface area contributed by atoms with Crippen molar-refractivity contribution >= 4 is 11.9 Å². The molecule has 1 unspecified atom stereocenters. The van der Waals surface area contributed by atoms with Crippen molar-refractivity contribution in [2.24, 2.45) is 0 Å². The van der Waals surface area contributed by atoms with Crippen molar-refractivity contribution in [2.75, 3.05) is 19.7 Å². The maximum absolute atomic E-state index is 12.0. The smallest absolute Gasteiger partial charge is 0.306 e. The predicted molar refractivity (Wildman–Crippen MR) is 63.2 cm³/mol. The molecule has 0 bridgehead atoms. The topological polar surface area (TPSA) is 97.6 Å². The molecule has 0 radical (unpaired) electrons. The van der Waals surface area contributed by atoms with Crippen LogP contribution in [-0.4, -0.2) is 62.4 Å². The first-order valence-corrected chi connectivity index (χ1v) is 6.08. The van der Waals surface area contributed by atoms with Crippen molar-refractivity contribution in [3.8, 4) is 0 Å². The molecule has 0 aromatic carbocycles. The first-order valence-electron chi connectivity index (χ1n) is 6.08. The third-order valence-electron chi connectivity index (χ3n) is 2.92. The lowest BCUT2D eigenvalue weighted by atomic mass is 10.2. The summed E-state index contributed by atoms with van der Waals surface area (Å²) < 4.78 is 6.91. The van der Waals surface area contributed by atoms with Crippen LogP contribution in [0.4, 0.5) is 0 Å². The maximum atomic E-state index is 12.0. The van der Waals surface area contributed by atoms with Crippen LogP contribution in [0.2, 0.25) is 0 Å². The lowest BCUT2D eigenvalue weighted by Crippen LogP contribution is -2.46. The molecule has 1 saturated heterocycles. The Labute approximate surface area is 110 Å². The summed E-state index contributed by atoms with van der Waals surface area (Å²) in [7, 11) is 0. The number of aromatic nitrogens is 3. The second kappa shape index (κ2) is 6.28. The van der Waals surface area contributed by atoms with E-state index in [1.54, 1.807) is 15.9 Å². The molecule has 2 rings (SSSR count). The number of hydrogen-bond donors (Lipinski definition) is 1. The number of nitrogens with zero attached hydrogens (tertiary/aromatic N) is 4. The fraction of sp³-hybridized carbons (Fsp3) is 0.636. The second-order valence-corrected chi connectivity index (χ2v) is 4.34. The average Bonchev–Trinajstić information content (AvgIpc) is 2.88. The van der Waals surface area contributed by atoms with Crippen LogP contribution in [0.3, 0.4) is 0 Å². The van der Waals surface area contributed by atoms with Crippen LogP contribution in [0, 0.1) is 0 Å². The minimum atomic E-state index is -0.915. The number of ether oxygens (including phenoxy) is 1. The molecular formula is C11H16N4O4. The summed E-state index contributed by atoms with van der Waals surface area (Å²) in [4.78, 5) is 28.1. The van der Waals surface area contributed by atoms with Gasteiger partial charge in [0.25, 0.3) is 0 Å². The second-order valence-electron chi connectivity index (χ2n) is 4.34. The Hall–Kier alpha value is -1.96. The van der Waals surface area contributed by atoms with E-state index in [1.807, 2.05) is 0 Å². The van der Waals surface area contributed by atoms with E-state index in [0.29, 0.717) is 32.7 Å². The molecule has 1 aliphatic rings. The molecular weight excluding hydrogens is 252 g/mol. The van der Waals surface area contributed by atoms with Gasteiger partial charge in [0.2, 0.25) is 5.91 Å². The molecule has 1 aromatic heterocycles. The highest BCUT2D eigenvalue weighted by molar-refractivity contribution is 5.76. The van der Waals surface area contributed by atoms with Crippen LogP contribution in [-0.2, 0) is 20.9 Å². The Morgan fingerprint density at radius 1 is 1.47 bits per heavy atom. The van der Waals surface area contributed by atoms with Gasteiger partial charge in [0.15, 0.2) is 0 Å². The van der Waals surface area contributed by atoms with Gasteiger partial charge in [-0.25, -0.2) is 4.98 Å². The quantitative estimate of drug-likeness (QED) is 0.763. The molecule has 1 aliphatic heterocycles. The summed E-state index contributed by atoms with van der Waals surface area (Å²) in [6, 6.07) is 0. The molecule has 0 aliphatic carbocycles. The number of carboxylic acids is 1. The Kier molecular flexibility index (Phi) is 4.45. The van der Waals surface area contributed by atoms with E-state index < -0.39 is 12.1 Å². The zero-order chi connectivity index (χ0) is 13.7. The number of morpholine rings is 1. The zero-order valence-corrected chi connectivity index (χ0v) is 10.4. The molecule has 19 heavy (non-hydrogen) atoms. The molecule has 8 heteroatoms. The number of aryl methyl sites for hydroxylation is 1. The third kappa shape index (κ3) is 4.02. The number of rotatable bonds is 5. The van der Waals surface area contributed by atoms with E-state index in [2.05, 4.69) is 10.1 Å². The van der Waals surface area contributed by atoms with Crippen molar-refractivity contribution < 1.29 is 19.4 Å². The van der Waals surface area contributed by atoms with E-state index in [0.717, 1.165) is 0 Å². The van der Waals surface area contributed by atoms with Gasteiger partial charge in [0.1, 0.15) is 12.7 Å². The van der Waals surface area contributed by atoms with Gasteiger partial charge in [0.05, 0.1) is 25.7 Å². The first-order chi connectivity index (χ1) is 9.15. The molecule has 0 spiro atoms. The van der Waals surface area contributed by atoms with E-state index in [9.17, 15) is 9.59 Å². The normalized spacial score (nSPS) is 19.4. The number of aliphatic carboxylic acids is 1. The van der Waals surface area contributed by atoms with Crippen LogP contribution >= 0.6 is 0 Å². The Morgan fingerprint density at radius 3 is 3.00 bits per heavy atom. The van der Waals surface area contributed by atoms with Crippen LogP contribution in [0.1, 0.15) is 12.8 Å². The third-order valence-corrected chi connectivity index (χ3v) is 2.92. The van der Waals surface area contributed by atoms with E-state index in [-0.39, 0.29) is 12.3 Å². The SMILES string of the molecule is O=C(O)CC1CN(C(=O)CCn2cncn2)CCO1. The largest absolute Gasteiger partial charge is 0.481 e. The van der Waals surface area contributed by atoms with Gasteiger partial charge < -0.3 is 14.7 Å². The number of hydrogen-bond acceptors (Lipinski definition) is 5. The highest BCUT2D eigenvalue weighted by Crippen LogP contribution is 2.10. The minimum absolute atomic E-state index is 0.0193. The van der Waals surface area contributed by atoms with Crippen molar-refractivity contribution in [1.29, 1.82) is 0 Å². The van der Waals surface area contributed by atoms with Crippen molar-refractivity contribution in [3.63, 3.8) is 0 Å². The van der Waals surface area contributed by atoms with Crippen molar-refractivity contribution in [3.05, 3.63) is 12.7 Å². The van der Waals surface area contributed by atoms with Gasteiger partial charge in [-0.2, -0.15) is 5.10 Å². The van der Waals surface area contributed by atoms with Gasteiger partial charge in [0, 0.05) is 19.5 Å². The molecule has 1 aromatic rings. The number of carbonyl (C=O) groups excluding carboxylic acids is 1. The number of carbonyl (C=O) groups is 2. The summed E-state index contributed by atoms with van der Waals surface area (Å²) in [5, 5.41) is 12.6. The highest BCUT2D eigenvalue weighted by Gasteiger charge is 2.25. The molecule has 104 valence electrons. The molecule has 2 heterocycles.